The Kier molecular flexibility index (Phi) is 5.26. The van der Waals surface area contributed by atoms with Gasteiger partial charge in [0.1, 0.15) is 12.1 Å². The highest BCUT2D eigenvalue weighted by Crippen LogP contribution is 2.06. The number of hydrogen-bond acceptors (Lipinski definition) is 4. The predicted octanol–water partition coefficient (Wildman–Crippen LogP) is 0.691. The predicted molar refractivity (Wildman–Crippen MR) is 78.4 cm³/mol. The van der Waals surface area contributed by atoms with Gasteiger partial charge in [0, 0.05) is 18.3 Å². The molecule has 4 N–H and O–H groups in total. The summed E-state index contributed by atoms with van der Waals surface area (Å²) in [6.07, 6.45) is 3.31. The lowest BCUT2D eigenvalue weighted by molar-refractivity contribution is -0.142. The number of aromatic nitrogens is 2. The smallest absolute Gasteiger partial charge is 0.321 e. The van der Waals surface area contributed by atoms with Gasteiger partial charge in [-0.05, 0) is 12.0 Å². The van der Waals surface area contributed by atoms with Crippen LogP contribution in [0, 0.1) is 0 Å². The molecule has 0 saturated heterocycles. The third-order valence-electron chi connectivity index (χ3n) is 3.26. The van der Waals surface area contributed by atoms with E-state index in [2.05, 4.69) is 15.3 Å². The van der Waals surface area contributed by atoms with Crippen molar-refractivity contribution in [2.75, 3.05) is 0 Å². The van der Waals surface area contributed by atoms with Gasteiger partial charge in [0.25, 0.3) is 0 Å². The molecule has 0 radical (unpaired) electrons. The zero-order valence-corrected chi connectivity index (χ0v) is 11.8. The van der Waals surface area contributed by atoms with Crippen LogP contribution in [0.4, 0.5) is 0 Å². The van der Waals surface area contributed by atoms with E-state index in [-0.39, 0.29) is 12.8 Å². The lowest BCUT2D eigenvalue weighted by atomic mass is 10.0. The minimum absolute atomic E-state index is 0.133. The Morgan fingerprint density at radius 3 is 2.27 bits per heavy atom. The van der Waals surface area contributed by atoms with Crippen LogP contribution in [0.15, 0.2) is 42.9 Å². The van der Waals surface area contributed by atoms with Crippen molar-refractivity contribution in [2.24, 2.45) is 0 Å². The number of hydrogen-bond donors (Lipinski definition) is 4. The normalized spacial score (nSPS) is 13.5. The number of nitrogens with one attached hydrogen (secondary N) is 2. The molecule has 2 atom stereocenters. The molecular formula is C15H17N3O4. The van der Waals surface area contributed by atoms with E-state index in [9.17, 15) is 19.8 Å². The average Bonchev–Trinajstić information content (AvgIpc) is 2.99. The number of nitrogens with zero attached hydrogens (tertiary/aromatic N) is 1. The molecule has 0 aliphatic rings. The molecular weight excluding hydrogens is 286 g/mol. The summed E-state index contributed by atoms with van der Waals surface area (Å²) in [7, 11) is 0. The van der Waals surface area contributed by atoms with Crippen LogP contribution in [0.1, 0.15) is 11.3 Å². The Hall–Kier alpha value is -2.67. The molecule has 0 saturated carbocycles. The monoisotopic (exact) mass is 303 g/mol. The first-order chi connectivity index (χ1) is 10.6. The minimum Gasteiger partial charge on any atom is -0.480 e. The van der Waals surface area contributed by atoms with Gasteiger partial charge in [0.05, 0.1) is 6.33 Å². The van der Waals surface area contributed by atoms with Gasteiger partial charge < -0.3 is 15.2 Å². The average molecular weight is 303 g/mol. The highest BCUT2D eigenvalue weighted by molar-refractivity contribution is 5.78. The first kappa shape index (κ1) is 15.7. The maximum Gasteiger partial charge on any atom is 0.321 e. The molecule has 2 unspecified atom stereocenters. The Bertz CT molecular complexity index is 613. The van der Waals surface area contributed by atoms with Gasteiger partial charge in [0.2, 0.25) is 0 Å². The number of aromatic amines is 1. The summed E-state index contributed by atoms with van der Waals surface area (Å²) >= 11 is 0. The fourth-order valence-corrected chi connectivity index (χ4v) is 2.14. The summed E-state index contributed by atoms with van der Waals surface area (Å²) < 4.78 is 0. The topological polar surface area (TPSA) is 115 Å². The largest absolute Gasteiger partial charge is 0.480 e. The van der Waals surface area contributed by atoms with Gasteiger partial charge in [-0.2, -0.15) is 0 Å². The Morgan fingerprint density at radius 2 is 1.73 bits per heavy atom. The van der Waals surface area contributed by atoms with Crippen LogP contribution in [-0.2, 0) is 22.4 Å². The second-order valence-electron chi connectivity index (χ2n) is 4.92. The van der Waals surface area contributed by atoms with Crippen molar-refractivity contribution in [1.82, 2.24) is 15.3 Å². The highest BCUT2D eigenvalue weighted by atomic mass is 16.4. The Balaban J connectivity index is 2.07. The van der Waals surface area contributed by atoms with Crippen LogP contribution < -0.4 is 5.32 Å². The second kappa shape index (κ2) is 7.37. The quantitative estimate of drug-likeness (QED) is 0.570. The molecule has 0 spiro atoms. The van der Waals surface area contributed by atoms with E-state index in [1.165, 1.54) is 12.5 Å². The van der Waals surface area contributed by atoms with Gasteiger partial charge in [-0.15, -0.1) is 0 Å². The standard InChI is InChI=1S/C15H17N3O4/c19-14(20)12(6-10-4-2-1-3-5-10)18-13(15(21)22)7-11-8-16-9-17-11/h1-5,8-9,12-13,18H,6-7H2,(H,16,17)(H,19,20)(H,21,22). The number of imidazole rings is 1. The number of rotatable bonds is 8. The van der Waals surface area contributed by atoms with Gasteiger partial charge >= 0.3 is 11.9 Å². The first-order valence-corrected chi connectivity index (χ1v) is 6.79. The number of carbonyl (C=O) groups is 2. The number of aliphatic carboxylic acids is 2. The van der Waals surface area contributed by atoms with E-state index in [1.807, 2.05) is 30.3 Å². The van der Waals surface area contributed by atoms with Crippen LogP contribution in [0.5, 0.6) is 0 Å². The number of carboxylic acid groups (broad SMARTS) is 2. The minimum atomic E-state index is -1.10. The van der Waals surface area contributed by atoms with Gasteiger partial charge in [-0.1, -0.05) is 30.3 Å². The zero-order valence-electron chi connectivity index (χ0n) is 11.8. The molecule has 0 aliphatic carbocycles. The van der Waals surface area contributed by atoms with Crippen molar-refractivity contribution in [3.63, 3.8) is 0 Å². The van der Waals surface area contributed by atoms with E-state index >= 15 is 0 Å². The molecule has 1 aromatic heterocycles. The first-order valence-electron chi connectivity index (χ1n) is 6.79. The Morgan fingerprint density at radius 1 is 1.09 bits per heavy atom. The summed E-state index contributed by atoms with van der Waals surface area (Å²) in [5, 5.41) is 21.3. The number of benzene rings is 1. The van der Waals surface area contributed by atoms with Gasteiger partial charge in [-0.3, -0.25) is 14.9 Å². The number of H-pyrrole nitrogens is 1. The van der Waals surface area contributed by atoms with Crippen LogP contribution in [0.2, 0.25) is 0 Å². The van der Waals surface area contributed by atoms with E-state index in [1.54, 1.807) is 0 Å². The molecule has 0 fully saturated rings. The molecule has 1 heterocycles. The van der Waals surface area contributed by atoms with Crippen molar-refractivity contribution in [3.05, 3.63) is 54.1 Å². The summed E-state index contributed by atoms with van der Waals surface area (Å²) in [6, 6.07) is 7.09. The number of carboxylic acids is 2. The third-order valence-corrected chi connectivity index (χ3v) is 3.26. The van der Waals surface area contributed by atoms with Gasteiger partial charge in [-0.25, -0.2) is 4.98 Å². The summed E-state index contributed by atoms with van der Waals surface area (Å²) in [5.41, 5.74) is 1.46. The molecule has 7 nitrogen and oxygen atoms in total. The van der Waals surface area contributed by atoms with E-state index in [4.69, 9.17) is 0 Å². The van der Waals surface area contributed by atoms with E-state index in [0.717, 1.165) is 5.56 Å². The van der Waals surface area contributed by atoms with E-state index < -0.39 is 24.0 Å². The molecule has 0 bridgehead atoms. The van der Waals surface area contributed by atoms with Crippen LogP contribution >= 0.6 is 0 Å². The fourth-order valence-electron chi connectivity index (χ4n) is 2.14. The molecule has 0 aliphatic heterocycles. The van der Waals surface area contributed by atoms with Crippen molar-refractivity contribution < 1.29 is 19.8 Å². The summed E-state index contributed by atoms with van der Waals surface area (Å²) in [6.45, 7) is 0. The SMILES string of the molecule is O=C(O)C(Cc1ccccc1)NC(Cc1cnc[nH]1)C(=O)O. The van der Waals surface area contributed by atoms with Crippen molar-refractivity contribution in [3.8, 4) is 0 Å². The summed E-state index contributed by atoms with van der Waals surface area (Å²) in [4.78, 5) is 29.4. The molecule has 1 aromatic carbocycles. The maximum atomic E-state index is 11.4. The molecule has 2 aromatic rings. The van der Waals surface area contributed by atoms with Gasteiger partial charge in [0.15, 0.2) is 0 Å². The van der Waals surface area contributed by atoms with Crippen molar-refractivity contribution in [1.29, 1.82) is 0 Å². The van der Waals surface area contributed by atoms with Crippen molar-refractivity contribution in [2.45, 2.75) is 24.9 Å². The van der Waals surface area contributed by atoms with Crippen LogP contribution in [0.25, 0.3) is 0 Å². The molecule has 7 heteroatoms. The molecule has 0 amide bonds. The lowest BCUT2D eigenvalue weighted by Gasteiger charge is -2.20. The van der Waals surface area contributed by atoms with Crippen LogP contribution in [-0.4, -0.2) is 44.2 Å². The third kappa shape index (κ3) is 4.42. The molecule has 116 valence electrons. The van der Waals surface area contributed by atoms with E-state index in [0.29, 0.717) is 5.69 Å². The Labute approximate surface area is 127 Å². The maximum absolute atomic E-state index is 11.4. The van der Waals surface area contributed by atoms with Crippen molar-refractivity contribution >= 4 is 11.9 Å². The van der Waals surface area contributed by atoms with Crippen LogP contribution in [0.3, 0.4) is 0 Å². The lowest BCUT2D eigenvalue weighted by Crippen LogP contribution is -2.49. The summed E-state index contributed by atoms with van der Waals surface area (Å²) in [5.74, 6) is -2.19. The zero-order chi connectivity index (χ0) is 15.9. The highest BCUT2D eigenvalue weighted by Gasteiger charge is 2.26. The second-order valence-corrected chi connectivity index (χ2v) is 4.92. The molecule has 22 heavy (non-hydrogen) atoms. The molecule has 2 rings (SSSR count). The fraction of sp³-hybridized carbons (Fsp3) is 0.267.